The number of hydrogen-bond donors (Lipinski definition) is 0. The molecule has 3 aliphatic rings. The first-order chi connectivity index (χ1) is 14.0. The van der Waals surface area contributed by atoms with Gasteiger partial charge in [-0.3, -0.25) is 33.8 Å². The van der Waals surface area contributed by atoms with E-state index in [1.807, 2.05) is 0 Å². The Morgan fingerprint density at radius 3 is 1.97 bits per heavy atom. The van der Waals surface area contributed by atoms with Gasteiger partial charge in [-0.15, -0.1) is 0 Å². The molecule has 8 nitrogen and oxygen atoms in total. The summed E-state index contributed by atoms with van der Waals surface area (Å²) >= 11 is 0. The van der Waals surface area contributed by atoms with Crippen LogP contribution in [0.4, 0.5) is 0 Å². The Balaban J connectivity index is 1.24. The van der Waals surface area contributed by atoms with Gasteiger partial charge >= 0.3 is 5.97 Å². The number of carbonyl (C=O) groups excluding carboxylic acids is 5. The molecule has 1 aromatic carbocycles. The fourth-order valence-corrected chi connectivity index (χ4v) is 4.42. The number of carbonyl (C=O) groups is 5. The molecule has 2 atom stereocenters. The Hall–Kier alpha value is -3.03. The van der Waals surface area contributed by atoms with Gasteiger partial charge in [0.05, 0.1) is 35.9 Å². The molecule has 2 fully saturated rings. The van der Waals surface area contributed by atoms with Crippen LogP contribution in [-0.2, 0) is 19.1 Å². The van der Waals surface area contributed by atoms with Crippen molar-refractivity contribution in [3.05, 3.63) is 35.4 Å². The maximum atomic E-state index is 12.4. The summed E-state index contributed by atoms with van der Waals surface area (Å²) in [5, 5.41) is 0. The lowest BCUT2D eigenvalue weighted by molar-refractivity contribution is -0.146. The van der Waals surface area contributed by atoms with Crippen molar-refractivity contribution in [2.75, 3.05) is 19.7 Å². The van der Waals surface area contributed by atoms with Crippen molar-refractivity contribution in [2.45, 2.75) is 32.1 Å². The van der Waals surface area contributed by atoms with Crippen LogP contribution in [0.3, 0.4) is 0 Å². The molecule has 0 radical (unpaired) electrons. The summed E-state index contributed by atoms with van der Waals surface area (Å²) in [4.78, 5) is 63.6. The number of rotatable bonds is 6. The molecule has 0 aromatic heterocycles. The summed E-state index contributed by atoms with van der Waals surface area (Å²) in [6.07, 6.45) is 3.27. The number of hydrogen-bond acceptors (Lipinski definition) is 6. The molecule has 1 aliphatic carbocycles. The SMILES string of the molecule is O=C(CCN1C(=O)[C@H]2CCCC[C@@H]2C1=O)OCCN1C(=O)c2ccccc2C1=O. The van der Waals surface area contributed by atoms with Crippen LogP contribution in [0.25, 0.3) is 0 Å². The van der Waals surface area contributed by atoms with Gasteiger partial charge in [-0.2, -0.15) is 0 Å². The molecule has 152 valence electrons. The largest absolute Gasteiger partial charge is 0.464 e. The topological polar surface area (TPSA) is 101 Å². The maximum Gasteiger partial charge on any atom is 0.307 e. The predicted octanol–water partition coefficient (Wildman–Crippen LogP) is 1.39. The standard InChI is InChI=1S/C21H22N2O6/c24-17(9-10-22-18(25)13-5-1-2-6-14(13)19(22)26)29-12-11-23-20(27)15-7-3-4-8-16(15)21(23)28/h3-4,7-8,13-14H,1-2,5-6,9-12H2/t13-,14-/m0/s1. The number of esters is 1. The van der Waals surface area contributed by atoms with E-state index in [4.69, 9.17) is 4.74 Å². The highest BCUT2D eigenvalue weighted by molar-refractivity contribution is 6.21. The van der Waals surface area contributed by atoms with Crippen LogP contribution >= 0.6 is 0 Å². The summed E-state index contributed by atoms with van der Waals surface area (Å²) in [6, 6.07) is 6.54. The Kier molecular flexibility index (Phi) is 5.17. The third kappa shape index (κ3) is 3.43. The second kappa shape index (κ2) is 7.77. The normalized spacial score (nSPS) is 23.4. The molecule has 8 heteroatoms. The first-order valence-electron chi connectivity index (χ1n) is 9.95. The molecule has 0 N–H and O–H groups in total. The monoisotopic (exact) mass is 398 g/mol. The Labute approximate surface area is 167 Å². The lowest BCUT2D eigenvalue weighted by atomic mass is 9.81. The summed E-state index contributed by atoms with van der Waals surface area (Å²) in [5.41, 5.74) is 0.688. The number of fused-ring (bicyclic) bond motifs is 2. The average molecular weight is 398 g/mol. The van der Waals surface area contributed by atoms with Gasteiger partial charge in [0.15, 0.2) is 0 Å². The van der Waals surface area contributed by atoms with Gasteiger partial charge in [-0.25, -0.2) is 0 Å². The summed E-state index contributed by atoms with van der Waals surface area (Å²) in [7, 11) is 0. The summed E-state index contributed by atoms with van der Waals surface area (Å²) < 4.78 is 5.11. The summed E-state index contributed by atoms with van der Waals surface area (Å²) in [6.45, 7) is -0.155. The van der Waals surface area contributed by atoms with E-state index in [2.05, 4.69) is 0 Å². The van der Waals surface area contributed by atoms with Crippen molar-refractivity contribution in [3.8, 4) is 0 Å². The van der Waals surface area contributed by atoms with E-state index in [-0.39, 0.29) is 49.8 Å². The first-order valence-corrected chi connectivity index (χ1v) is 9.95. The number of benzene rings is 1. The molecule has 0 unspecified atom stereocenters. The molecule has 1 saturated heterocycles. The fourth-order valence-electron chi connectivity index (χ4n) is 4.42. The second-order valence-corrected chi connectivity index (χ2v) is 7.60. The quantitative estimate of drug-likeness (QED) is 0.530. The molecule has 1 aromatic rings. The van der Waals surface area contributed by atoms with E-state index in [1.165, 1.54) is 4.90 Å². The van der Waals surface area contributed by atoms with Crippen molar-refractivity contribution in [2.24, 2.45) is 11.8 Å². The van der Waals surface area contributed by atoms with E-state index in [0.717, 1.165) is 30.6 Å². The number of nitrogens with zero attached hydrogens (tertiary/aromatic N) is 2. The predicted molar refractivity (Wildman–Crippen MR) is 99.6 cm³/mol. The van der Waals surface area contributed by atoms with Crippen molar-refractivity contribution >= 4 is 29.6 Å². The van der Waals surface area contributed by atoms with Crippen LogP contribution < -0.4 is 0 Å². The van der Waals surface area contributed by atoms with E-state index in [0.29, 0.717) is 11.1 Å². The first kappa shape index (κ1) is 19.3. The molecule has 4 amide bonds. The van der Waals surface area contributed by atoms with E-state index < -0.39 is 17.8 Å². The van der Waals surface area contributed by atoms with Gasteiger partial charge in [-0.05, 0) is 25.0 Å². The average Bonchev–Trinajstić information content (AvgIpc) is 3.12. The molecule has 0 bridgehead atoms. The molecule has 0 spiro atoms. The van der Waals surface area contributed by atoms with Crippen molar-refractivity contribution in [3.63, 3.8) is 0 Å². The van der Waals surface area contributed by atoms with E-state index in [9.17, 15) is 24.0 Å². The molecular formula is C21H22N2O6. The highest BCUT2D eigenvalue weighted by Gasteiger charge is 2.47. The van der Waals surface area contributed by atoms with Crippen LogP contribution in [0, 0.1) is 11.8 Å². The fraction of sp³-hybridized carbons (Fsp3) is 0.476. The Bertz CT molecular complexity index is 836. The zero-order valence-electron chi connectivity index (χ0n) is 16.0. The molecule has 1 saturated carbocycles. The van der Waals surface area contributed by atoms with Crippen LogP contribution in [-0.4, -0.2) is 59.1 Å². The zero-order chi connectivity index (χ0) is 20.5. The Morgan fingerprint density at radius 1 is 0.862 bits per heavy atom. The molecule has 4 rings (SSSR count). The van der Waals surface area contributed by atoms with Crippen molar-refractivity contribution in [1.29, 1.82) is 0 Å². The third-order valence-electron chi connectivity index (χ3n) is 5.93. The molecule has 29 heavy (non-hydrogen) atoms. The minimum atomic E-state index is -0.572. The number of ether oxygens (including phenoxy) is 1. The smallest absolute Gasteiger partial charge is 0.307 e. The van der Waals surface area contributed by atoms with Gasteiger partial charge in [0.1, 0.15) is 6.61 Å². The van der Waals surface area contributed by atoms with E-state index in [1.54, 1.807) is 24.3 Å². The number of imide groups is 2. The lowest BCUT2D eigenvalue weighted by Gasteiger charge is -2.19. The zero-order valence-corrected chi connectivity index (χ0v) is 16.0. The lowest BCUT2D eigenvalue weighted by Crippen LogP contribution is -2.35. The van der Waals surface area contributed by atoms with Crippen molar-refractivity contribution < 1.29 is 28.7 Å². The van der Waals surface area contributed by atoms with E-state index >= 15 is 0 Å². The Morgan fingerprint density at radius 2 is 1.41 bits per heavy atom. The number of likely N-dealkylation sites (tertiary alicyclic amines) is 1. The highest BCUT2D eigenvalue weighted by atomic mass is 16.5. The third-order valence-corrected chi connectivity index (χ3v) is 5.93. The van der Waals surface area contributed by atoms with Crippen LogP contribution in [0.15, 0.2) is 24.3 Å². The van der Waals surface area contributed by atoms with Gasteiger partial charge in [-0.1, -0.05) is 25.0 Å². The van der Waals surface area contributed by atoms with Crippen molar-refractivity contribution in [1.82, 2.24) is 9.80 Å². The molecule has 2 heterocycles. The van der Waals surface area contributed by atoms with Crippen LogP contribution in [0.2, 0.25) is 0 Å². The molecular weight excluding hydrogens is 376 g/mol. The van der Waals surface area contributed by atoms with Gasteiger partial charge in [0, 0.05) is 6.54 Å². The van der Waals surface area contributed by atoms with Crippen LogP contribution in [0.5, 0.6) is 0 Å². The minimum Gasteiger partial charge on any atom is -0.464 e. The highest BCUT2D eigenvalue weighted by Crippen LogP contribution is 2.38. The molecule has 2 aliphatic heterocycles. The van der Waals surface area contributed by atoms with Gasteiger partial charge < -0.3 is 4.74 Å². The summed E-state index contributed by atoms with van der Waals surface area (Å²) in [5.74, 6) is -2.22. The van der Waals surface area contributed by atoms with Crippen LogP contribution in [0.1, 0.15) is 52.8 Å². The number of amides is 4. The minimum absolute atomic E-state index is 0.0104. The second-order valence-electron chi connectivity index (χ2n) is 7.60. The maximum absolute atomic E-state index is 12.4. The van der Waals surface area contributed by atoms with Gasteiger partial charge in [0.2, 0.25) is 11.8 Å². The van der Waals surface area contributed by atoms with Gasteiger partial charge in [0.25, 0.3) is 11.8 Å².